The van der Waals surface area contributed by atoms with Crippen LogP contribution in [-0.4, -0.2) is 36.3 Å². The van der Waals surface area contributed by atoms with Gasteiger partial charge < -0.3 is 15.6 Å². The van der Waals surface area contributed by atoms with E-state index in [-0.39, 0.29) is 0 Å². The van der Waals surface area contributed by atoms with Gasteiger partial charge in [0.1, 0.15) is 5.82 Å². The summed E-state index contributed by atoms with van der Waals surface area (Å²) in [4.78, 5) is 13.6. The lowest BCUT2D eigenvalue weighted by molar-refractivity contribution is 0.843. The van der Waals surface area contributed by atoms with Gasteiger partial charge in [0.2, 0.25) is 0 Å². The Balaban J connectivity index is 1.63. The van der Waals surface area contributed by atoms with Crippen molar-refractivity contribution < 1.29 is 0 Å². The van der Waals surface area contributed by atoms with Gasteiger partial charge in [-0.15, -0.1) is 5.10 Å². The topological polar surface area (TPSA) is 107 Å². The molecule has 4 aromatic heterocycles. The molecule has 0 aliphatic heterocycles. The number of imidazole rings is 1. The van der Waals surface area contributed by atoms with E-state index in [0.29, 0.717) is 24.1 Å². The summed E-state index contributed by atoms with van der Waals surface area (Å²) >= 11 is 0. The van der Waals surface area contributed by atoms with Crippen LogP contribution in [0.15, 0.2) is 49.2 Å². The first kappa shape index (κ1) is 18.0. The van der Waals surface area contributed by atoms with Crippen molar-refractivity contribution in [2.75, 3.05) is 11.9 Å². The fourth-order valence-corrected chi connectivity index (χ4v) is 2.88. The van der Waals surface area contributed by atoms with E-state index in [1.165, 1.54) is 0 Å². The normalized spacial score (nSPS) is 11.3. The molecule has 142 valence electrons. The second kappa shape index (κ2) is 7.69. The van der Waals surface area contributed by atoms with Gasteiger partial charge in [-0.05, 0) is 42.3 Å². The highest BCUT2D eigenvalue weighted by molar-refractivity contribution is 5.78. The van der Waals surface area contributed by atoms with Crippen molar-refractivity contribution in [2.45, 2.75) is 26.2 Å². The van der Waals surface area contributed by atoms with E-state index >= 15 is 0 Å². The highest BCUT2D eigenvalue weighted by Crippen LogP contribution is 2.21. The van der Waals surface area contributed by atoms with E-state index in [9.17, 15) is 0 Å². The lowest BCUT2D eigenvalue weighted by Gasteiger charge is -2.09. The monoisotopic (exact) mass is 374 g/mol. The molecule has 4 rings (SSSR count). The maximum absolute atomic E-state index is 5.60. The molecule has 8 heteroatoms. The molecule has 0 unspecified atom stereocenters. The van der Waals surface area contributed by atoms with Crippen LogP contribution in [0.3, 0.4) is 0 Å². The summed E-state index contributed by atoms with van der Waals surface area (Å²) in [5.41, 5.74) is 10.2. The van der Waals surface area contributed by atoms with Gasteiger partial charge in [0.05, 0.1) is 41.1 Å². The number of pyridine rings is 2. The Bertz CT molecular complexity index is 1100. The molecule has 3 N–H and O–H groups in total. The fraction of sp³-hybridized carbons (Fsp3) is 0.250. The van der Waals surface area contributed by atoms with E-state index in [1.807, 2.05) is 41.2 Å². The zero-order valence-electron chi connectivity index (χ0n) is 15.9. The van der Waals surface area contributed by atoms with Crippen molar-refractivity contribution in [3.63, 3.8) is 0 Å². The van der Waals surface area contributed by atoms with E-state index < -0.39 is 0 Å². The second-order valence-corrected chi connectivity index (χ2v) is 6.89. The Labute approximate surface area is 162 Å². The molecule has 4 aromatic rings. The Morgan fingerprint density at radius 2 is 1.96 bits per heavy atom. The van der Waals surface area contributed by atoms with Crippen LogP contribution in [0.1, 0.15) is 31.0 Å². The number of aromatic nitrogens is 6. The van der Waals surface area contributed by atoms with E-state index in [0.717, 1.165) is 34.4 Å². The molecular formula is C20H22N8. The van der Waals surface area contributed by atoms with Gasteiger partial charge in [-0.1, -0.05) is 13.8 Å². The van der Waals surface area contributed by atoms with Gasteiger partial charge in [0.25, 0.3) is 0 Å². The van der Waals surface area contributed by atoms with Crippen LogP contribution in [-0.2, 0) is 6.42 Å². The number of hydrogen-bond donors (Lipinski definition) is 2. The Morgan fingerprint density at radius 3 is 2.79 bits per heavy atom. The van der Waals surface area contributed by atoms with Crippen LogP contribution in [0.2, 0.25) is 0 Å². The average Bonchev–Trinajstić information content (AvgIpc) is 3.16. The summed E-state index contributed by atoms with van der Waals surface area (Å²) in [5.74, 6) is 1.74. The van der Waals surface area contributed by atoms with Gasteiger partial charge in [-0.2, -0.15) is 5.10 Å². The Kier molecular flexibility index (Phi) is 4.94. The van der Waals surface area contributed by atoms with Crippen LogP contribution in [0, 0.1) is 0 Å². The number of nitrogens with zero attached hydrogens (tertiary/aromatic N) is 6. The molecule has 0 saturated heterocycles. The first-order valence-electron chi connectivity index (χ1n) is 9.22. The summed E-state index contributed by atoms with van der Waals surface area (Å²) in [7, 11) is 0. The van der Waals surface area contributed by atoms with E-state index in [2.05, 4.69) is 44.3 Å². The third-order valence-corrected chi connectivity index (χ3v) is 4.46. The van der Waals surface area contributed by atoms with Gasteiger partial charge in [0, 0.05) is 12.6 Å². The van der Waals surface area contributed by atoms with Gasteiger partial charge in [-0.25, -0.2) is 9.97 Å². The van der Waals surface area contributed by atoms with E-state index in [1.54, 1.807) is 12.5 Å². The average molecular weight is 374 g/mol. The van der Waals surface area contributed by atoms with Gasteiger partial charge >= 0.3 is 0 Å². The molecule has 0 aromatic carbocycles. The minimum atomic E-state index is 0.381. The summed E-state index contributed by atoms with van der Waals surface area (Å²) in [6.07, 6.45) is 8.07. The van der Waals surface area contributed by atoms with Crippen LogP contribution in [0.4, 0.5) is 11.6 Å². The third kappa shape index (κ3) is 3.81. The zero-order chi connectivity index (χ0) is 19.5. The van der Waals surface area contributed by atoms with Crippen LogP contribution in [0.5, 0.6) is 0 Å². The third-order valence-electron chi connectivity index (χ3n) is 4.46. The molecule has 0 spiro atoms. The minimum absolute atomic E-state index is 0.381. The van der Waals surface area contributed by atoms with Crippen molar-refractivity contribution in [3.05, 3.63) is 60.4 Å². The van der Waals surface area contributed by atoms with Crippen molar-refractivity contribution in [1.29, 1.82) is 0 Å². The smallest absolute Gasteiger partial charge is 0.154 e. The molecule has 0 fully saturated rings. The molecule has 0 aliphatic carbocycles. The van der Waals surface area contributed by atoms with Crippen LogP contribution >= 0.6 is 0 Å². The number of nitrogens with one attached hydrogen (secondary N) is 1. The second-order valence-electron chi connectivity index (χ2n) is 6.89. The molecule has 0 saturated carbocycles. The highest BCUT2D eigenvalue weighted by Gasteiger charge is 2.07. The molecule has 0 bridgehead atoms. The predicted octanol–water partition coefficient (Wildman–Crippen LogP) is 2.97. The lowest BCUT2D eigenvalue weighted by atomic mass is 10.1. The molecule has 0 amide bonds. The maximum Gasteiger partial charge on any atom is 0.154 e. The van der Waals surface area contributed by atoms with Gasteiger partial charge in [0.15, 0.2) is 5.82 Å². The molecule has 0 atom stereocenters. The largest absolute Gasteiger partial charge is 0.330 e. The molecule has 4 heterocycles. The number of nitrogens with two attached hydrogens (primary N) is 1. The van der Waals surface area contributed by atoms with Crippen LogP contribution < -0.4 is 11.1 Å². The SMILES string of the molecule is CC(C)c1cnnc(Nc2ccc3ncc(-n4cnc(CCN)c4)cc3n2)c1. The van der Waals surface area contributed by atoms with Gasteiger partial charge in [-0.3, -0.25) is 4.98 Å². The molecule has 0 aliphatic rings. The summed E-state index contributed by atoms with van der Waals surface area (Å²) in [5, 5.41) is 11.4. The fourth-order valence-electron chi connectivity index (χ4n) is 2.88. The summed E-state index contributed by atoms with van der Waals surface area (Å²) < 4.78 is 1.93. The van der Waals surface area contributed by atoms with Crippen LogP contribution in [0.25, 0.3) is 16.7 Å². The summed E-state index contributed by atoms with van der Waals surface area (Å²) in [6, 6.07) is 7.79. The number of anilines is 2. The van der Waals surface area contributed by atoms with Crippen molar-refractivity contribution in [1.82, 2.24) is 29.7 Å². The molecular weight excluding hydrogens is 352 g/mol. The summed E-state index contributed by atoms with van der Waals surface area (Å²) in [6.45, 7) is 4.82. The quantitative estimate of drug-likeness (QED) is 0.534. The maximum atomic E-state index is 5.60. The molecule has 28 heavy (non-hydrogen) atoms. The number of rotatable bonds is 6. The standard InChI is InChI=1S/C20H22N8/c1-13(2)14-7-20(27-24-9-14)26-19-4-3-17-18(25-19)8-16(10-22-17)28-11-15(5-6-21)23-12-28/h3-4,7-13H,5-6,21H2,1-2H3,(H,25,26,27). The highest BCUT2D eigenvalue weighted by atomic mass is 15.2. The first-order chi connectivity index (χ1) is 13.6. The Morgan fingerprint density at radius 1 is 1.07 bits per heavy atom. The van der Waals surface area contributed by atoms with Crippen molar-refractivity contribution in [3.8, 4) is 5.69 Å². The minimum Gasteiger partial charge on any atom is -0.330 e. The first-order valence-corrected chi connectivity index (χ1v) is 9.22. The lowest BCUT2D eigenvalue weighted by Crippen LogP contribution is -2.02. The molecule has 0 radical (unpaired) electrons. The molecule has 8 nitrogen and oxygen atoms in total. The Hall–Kier alpha value is -3.39. The van der Waals surface area contributed by atoms with Crippen molar-refractivity contribution in [2.24, 2.45) is 5.73 Å². The van der Waals surface area contributed by atoms with E-state index in [4.69, 9.17) is 5.73 Å². The van der Waals surface area contributed by atoms with Crippen molar-refractivity contribution >= 4 is 22.7 Å². The number of fused-ring (bicyclic) bond motifs is 1. The zero-order valence-corrected chi connectivity index (χ0v) is 15.9. The number of hydrogen-bond acceptors (Lipinski definition) is 7. The predicted molar refractivity (Wildman–Crippen MR) is 109 cm³/mol.